The first-order valence-corrected chi connectivity index (χ1v) is 7.12. The number of hydrogen-bond donors (Lipinski definition) is 2. The van der Waals surface area contributed by atoms with E-state index in [0.29, 0.717) is 12.0 Å². The second-order valence-corrected chi connectivity index (χ2v) is 5.73. The lowest BCUT2D eigenvalue weighted by molar-refractivity contribution is 0.209. The Labute approximate surface area is 115 Å². The number of nitrogens with one attached hydrogen (secondary N) is 2. The SMILES string of the molecule is CC(C)Cc1ccc(NCC2CNCCN2C)nn1. The van der Waals surface area contributed by atoms with E-state index in [4.69, 9.17) is 0 Å². The smallest absolute Gasteiger partial charge is 0.148 e. The van der Waals surface area contributed by atoms with Crippen LogP contribution >= 0.6 is 0 Å². The average molecular weight is 263 g/mol. The fraction of sp³-hybridized carbons (Fsp3) is 0.714. The molecule has 2 heterocycles. The molecule has 1 unspecified atom stereocenters. The average Bonchev–Trinajstić information content (AvgIpc) is 2.39. The van der Waals surface area contributed by atoms with Gasteiger partial charge < -0.3 is 10.6 Å². The Morgan fingerprint density at radius 2 is 2.26 bits per heavy atom. The predicted molar refractivity (Wildman–Crippen MR) is 78.4 cm³/mol. The first kappa shape index (κ1) is 14.2. The largest absolute Gasteiger partial charge is 0.367 e. The number of aromatic nitrogens is 2. The predicted octanol–water partition coefficient (Wildman–Crippen LogP) is 0.991. The van der Waals surface area contributed by atoms with E-state index in [2.05, 4.69) is 52.7 Å². The van der Waals surface area contributed by atoms with Crippen LogP contribution in [0.1, 0.15) is 19.5 Å². The molecular formula is C14H25N5. The number of hydrogen-bond acceptors (Lipinski definition) is 5. The topological polar surface area (TPSA) is 53.1 Å². The number of likely N-dealkylation sites (N-methyl/N-ethyl adjacent to an activating group) is 1. The van der Waals surface area contributed by atoms with E-state index in [1.807, 2.05) is 6.07 Å². The summed E-state index contributed by atoms with van der Waals surface area (Å²) in [7, 11) is 2.17. The third-order valence-corrected chi connectivity index (χ3v) is 3.50. The zero-order chi connectivity index (χ0) is 13.7. The standard InChI is InChI=1S/C14H25N5/c1-11(2)8-12-4-5-14(18-17-12)16-10-13-9-15-6-7-19(13)3/h4-5,11,13,15H,6-10H2,1-3H3,(H,16,18). The second-order valence-electron chi connectivity index (χ2n) is 5.73. The van der Waals surface area contributed by atoms with Gasteiger partial charge in [-0.05, 0) is 31.5 Å². The molecule has 1 aromatic heterocycles. The summed E-state index contributed by atoms with van der Waals surface area (Å²) in [5.41, 5.74) is 1.07. The lowest BCUT2D eigenvalue weighted by atomic mass is 10.1. The molecule has 1 fully saturated rings. The summed E-state index contributed by atoms with van der Waals surface area (Å²) in [6.07, 6.45) is 0.989. The minimum atomic E-state index is 0.519. The van der Waals surface area contributed by atoms with Gasteiger partial charge in [0.05, 0.1) is 5.69 Å². The van der Waals surface area contributed by atoms with E-state index in [9.17, 15) is 0 Å². The van der Waals surface area contributed by atoms with E-state index in [1.165, 1.54) is 0 Å². The zero-order valence-corrected chi connectivity index (χ0v) is 12.2. The maximum Gasteiger partial charge on any atom is 0.148 e. The van der Waals surface area contributed by atoms with Crippen molar-refractivity contribution in [1.82, 2.24) is 20.4 Å². The van der Waals surface area contributed by atoms with Crippen LogP contribution < -0.4 is 10.6 Å². The Morgan fingerprint density at radius 3 is 2.89 bits per heavy atom. The summed E-state index contributed by atoms with van der Waals surface area (Å²) in [4.78, 5) is 2.38. The molecule has 1 atom stereocenters. The van der Waals surface area contributed by atoms with E-state index < -0.39 is 0 Å². The quantitative estimate of drug-likeness (QED) is 0.830. The first-order valence-electron chi connectivity index (χ1n) is 7.12. The molecular weight excluding hydrogens is 238 g/mol. The second kappa shape index (κ2) is 6.82. The van der Waals surface area contributed by atoms with Crippen molar-refractivity contribution in [1.29, 1.82) is 0 Å². The molecule has 5 nitrogen and oxygen atoms in total. The number of rotatable bonds is 5. The van der Waals surface area contributed by atoms with Crippen molar-refractivity contribution in [3.63, 3.8) is 0 Å². The molecule has 1 aliphatic rings. The Hall–Kier alpha value is -1.20. The molecule has 106 valence electrons. The molecule has 0 aromatic carbocycles. The van der Waals surface area contributed by atoms with Crippen LogP contribution in [0, 0.1) is 5.92 Å². The minimum absolute atomic E-state index is 0.519. The summed E-state index contributed by atoms with van der Waals surface area (Å²) in [5, 5.41) is 15.3. The van der Waals surface area contributed by atoms with Crippen LogP contribution in [-0.2, 0) is 6.42 Å². The summed E-state index contributed by atoms with van der Waals surface area (Å²) in [5.74, 6) is 1.49. The van der Waals surface area contributed by atoms with Gasteiger partial charge in [0, 0.05) is 32.2 Å². The molecule has 1 aliphatic heterocycles. The minimum Gasteiger partial charge on any atom is -0.367 e. The third kappa shape index (κ3) is 4.44. The Morgan fingerprint density at radius 1 is 1.42 bits per heavy atom. The van der Waals surface area contributed by atoms with Crippen LogP contribution in [0.25, 0.3) is 0 Å². The van der Waals surface area contributed by atoms with Crippen molar-refractivity contribution >= 4 is 5.82 Å². The van der Waals surface area contributed by atoms with Crippen LogP contribution in [0.3, 0.4) is 0 Å². The van der Waals surface area contributed by atoms with Crippen molar-refractivity contribution in [3.8, 4) is 0 Å². The Balaban J connectivity index is 1.82. The van der Waals surface area contributed by atoms with E-state index in [0.717, 1.165) is 44.1 Å². The Bertz CT molecular complexity index is 376. The van der Waals surface area contributed by atoms with Crippen LogP contribution in [0.5, 0.6) is 0 Å². The highest BCUT2D eigenvalue weighted by Gasteiger charge is 2.17. The van der Waals surface area contributed by atoms with Crippen molar-refractivity contribution in [2.75, 3.05) is 38.5 Å². The van der Waals surface area contributed by atoms with Gasteiger partial charge in [0.25, 0.3) is 0 Å². The molecule has 0 radical (unpaired) electrons. The van der Waals surface area contributed by atoms with Gasteiger partial charge in [-0.1, -0.05) is 13.8 Å². The molecule has 1 saturated heterocycles. The third-order valence-electron chi connectivity index (χ3n) is 3.50. The lowest BCUT2D eigenvalue weighted by Gasteiger charge is -2.33. The maximum absolute atomic E-state index is 4.26. The molecule has 0 saturated carbocycles. The lowest BCUT2D eigenvalue weighted by Crippen LogP contribution is -2.52. The van der Waals surface area contributed by atoms with Crippen LogP contribution in [0.4, 0.5) is 5.82 Å². The highest BCUT2D eigenvalue weighted by Crippen LogP contribution is 2.08. The molecule has 19 heavy (non-hydrogen) atoms. The van der Waals surface area contributed by atoms with Gasteiger partial charge >= 0.3 is 0 Å². The van der Waals surface area contributed by atoms with Crippen LogP contribution in [0.15, 0.2) is 12.1 Å². The summed E-state index contributed by atoms with van der Waals surface area (Å²) in [6.45, 7) is 8.51. The Kier molecular flexibility index (Phi) is 5.10. The van der Waals surface area contributed by atoms with E-state index in [1.54, 1.807) is 0 Å². The maximum atomic E-state index is 4.26. The highest BCUT2D eigenvalue weighted by atomic mass is 15.2. The van der Waals surface area contributed by atoms with Gasteiger partial charge in [-0.15, -0.1) is 5.10 Å². The van der Waals surface area contributed by atoms with Crippen LogP contribution in [-0.4, -0.2) is 54.4 Å². The number of nitrogens with zero attached hydrogens (tertiary/aromatic N) is 3. The van der Waals surface area contributed by atoms with Crippen molar-refractivity contribution in [2.24, 2.45) is 5.92 Å². The fourth-order valence-corrected chi connectivity index (χ4v) is 2.29. The van der Waals surface area contributed by atoms with Crippen molar-refractivity contribution in [2.45, 2.75) is 26.3 Å². The van der Waals surface area contributed by atoms with Crippen molar-refractivity contribution in [3.05, 3.63) is 17.8 Å². The van der Waals surface area contributed by atoms with E-state index >= 15 is 0 Å². The van der Waals surface area contributed by atoms with Gasteiger partial charge in [0.1, 0.15) is 5.82 Å². The summed E-state index contributed by atoms with van der Waals surface area (Å²) in [6, 6.07) is 4.62. The normalized spacial score (nSPS) is 20.7. The molecule has 2 N–H and O–H groups in total. The molecule has 1 aromatic rings. The van der Waals surface area contributed by atoms with Gasteiger partial charge in [-0.25, -0.2) is 0 Å². The summed E-state index contributed by atoms with van der Waals surface area (Å²) < 4.78 is 0. The highest BCUT2D eigenvalue weighted by molar-refractivity contribution is 5.33. The van der Waals surface area contributed by atoms with Crippen molar-refractivity contribution < 1.29 is 0 Å². The van der Waals surface area contributed by atoms with Gasteiger partial charge in [-0.2, -0.15) is 5.10 Å². The van der Waals surface area contributed by atoms with Gasteiger partial charge in [0.15, 0.2) is 0 Å². The molecule has 0 spiro atoms. The summed E-state index contributed by atoms with van der Waals surface area (Å²) >= 11 is 0. The van der Waals surface area contributed by atoms with E-state index in [-0.39, 0.29) is 0 Å². The fourth-order valence-electron chi connectivity index (χ4n) is 2.29. The molecule has 0 aliphatic carbocycles. The molecule has 0 bridgehead atoms. The van der Waals surface area contributed by atoms with Gasteiger partial charge in [0.2, 0.25) is 0 Å². The monoisotopic (exact) mass is 263 g/mol. The molecule has 5 heteroatoms. The first-order chi connectivity index (χ1) is 9.15. The van der Waals surface area contributed by atoms with Crippen LogP contribution in [0.2, 0.25) is 0 Å². The molecule has 2 rings (SSSR count). The van der Waals surface area contributed by atoms with Gasteiger partial charge in [-0.3, -0.25) is 4.90 Å². The number of anilines is 1. The molecule has 0 amide bonds. The zero-order valence-electron chi connectivity index (χ0n) is 12.2. The number of piperazine rings is 1.